The molecule has 40 heavy (non-hydrogen) atoms. The van der Waals surface area contributed by atoms with Crippen molar-refractivity contribution in [2.75, 3.05) is 82.9 Å². The van der Waals surface area contributed by atoms with Crippen LogP contribution in [-0.4, -0.2) is 99.0 Å². The molecule has 1 spiro atoms. The topological polar surface area (TPSA) is 67.9 Å². The summed E-state index contributed by atoms with van der Waals surface area (Å²) in [5, 5.41) is 8.53. The maximum atomic E-state index is 12.7. The van der Waals surface area contributed by atoms with Crippen LogP contribution >= 0.6 is 0 Å². The van der Waals surface area contributed by atoms with Gasteiger partial charge in [0.15, 0.2) is 0 Å². The van der Waals surface area contributed by atoms with Gasteiger partial charge in [0.25, 0.3) is 0 Å². The average molecular weight is 539 g/mol. The molecule has 3 aliphatic heterocycles. The van der Waals surface area contributed by atoms with Crippen molar-refractivity contribution in [2.24, 2.45) is 5.41 Å². The number of aromatic amines is 1. The van der Waals surface area contributed by atoms with Crippen LogP contribution in [0.2, 0.25) is 0 Å². The standard InChI is InChI=1S/C32H38N6O2/c1-5-25-26(31-23(2)8-9-28-27(31)19-33-34-28)17-24(36-13-15-40-16-14-36)18-29(25)37-12-10-32(20-37)21-38(22-32)30(39)7-6-11-35(3)4/h1,6-9,17-19H,10-16,20-22H2,2-4H3,(H,33,34)/b7-6+. The Morgan fingerprint density at radius 3 is 2.73 bits per heavy atom. The Hall–Kier alpha value is -3.80. The van der Waals surface area contributed by atoms with E-state index in [9.17, 15) is 4.79 Å². The number of aryl methyl sites for hydroxylation is 1. The highest BCUT2D eigenvalue weighted by molar-refractivity contribution is 6.00. The third-order valence-electron chi connectivity index (χ3n) is 8.60. The first-order valence-corrected chi connectivity index (χ1v) is 14.1. The first-order valence-electron chi connectivity index (χ1n) is 14.1. The molecule has 8 heteroatoms. The zero-order valence-corrected chi connectivity index (χ0v) is 23.7. The molecule has 1 N–H and O–H groups in total. The summed E-state index contributed by atoms with van der Waals surface area (Å²) in [7, 11) is 4.00. The fourth-order valence-electron chi connectivity index (χ4n) is 6.49. The number of aromatic nitrogens is 2. The molecule has 3 saturated heterocycles. The van der Waals surface area contributed by atoms with E-state index < -0.39 is 0 Å². The number of hydrogen-bond acceptors (Lipinski definition) is 6. The first-order chi connectivity index (χ1) is 19.4. The van der Waals surface area contributed by atoms with Gasteiger partial charge >= 0.3 is 0 Å². The number of likely N-dealkylation sites (tertiary alicyclic amines) is 1. The minimum atomic E-state index is 0.107. The van der Waals surface area contributed by atoms with Crippen LogP contribution in [0.15, 0.2) is 42.6 Å². The molecular formula is C32H38N6O2. The number of carbonyl (C=O) groups is 1. The Labute approximate surface area is 236 Å². The minimum Gasteiger partial charge on any atom is -0.378 e. The second-order valence-electron chi connectivity index (χ2n) is 11.8. The molecule has 1 aromatic heterocycles. The molecule has 0 unspecified atom stereocenters. The SMILES string of the molecule is C#Cc1c(-c2c(C)ccc3[nH]ncc23)cc(N2CCOCC2)cc1N1CCC2(CN(C(=O)/C=C/CN(C)C)C2)C1. The van der Waals surface area contributed by atoms with Gasteiger partial charge in [0, 0.05) is 73.9 Å². The lowest BCUT2D eigenvalue weighted by molar-refractivity contribution is -0.136. The van der Waals surface area contributed by atoms with Gasteiger partial charge in [0.1, 0.15) is 0 Å². The van der Waals surface area contributed by atoms with Crippen LogP contribution in [0.5, 0.6) is 0 Å². The van der Waals surface area contributed by atoms with Gasteiger partial charge in [0.05, 0.1) is 36.2 Å². The highest BCUT2D eigenvalue weighted by Gasteiger charge is 2.49. The van der Waals surface area contributed by atoms with E-state index in [4.69, 9.17) is 11.2 Å². The summed E-state index contributed by atoms with van der Waals surface area (Å²) in [5.74, 6) is 3.19. The van der Waals surface area contributed by atoms with Crippen molar-refractivity contribution in [3.63, 3.8) is 0 Å². The maximum Gasteiger partial charge on any atom is 0.246 e. The number of ether oxygens (including phenoxy) is 1. The Balaban J connectivity index is 1.34. The Bertz CT molecular complexity index is 1490. The molecule has 0 atom stereocenters. The quantitative estimate of drug-likeness (QED) is 0.383. The Kier molecular flexibility index (Phi) is 7.03. The van der Waals surface area contributed by atoms with E-state index in [0.29, 0.717) is 0 Å². The van der Waals surface area contributed by atoms with Gasteiger partial charge in [-0.25, -0.2) is 0 Å². The number of anilines is 2. The van der Waals surface area contributed by atoms with Crippen LogP contribution in [-0.2, 0) is 9.53 Å². The molecule has 4 heterocycles. The zero-order chi connectivity index (χ0) is 27.9. The highest BCUT2D eigenvalue weighted by atomic mass is 16.5. The predicted molar refractivity (Wildman–Crippen MR) is 161 cm³/mol. The van der Waals surface area contributed by atoms with Crippen molar-refractivity contribution in [3.8, 4) is 23.5 Å². The van der Waals surface area contributed by atoms with Gasteiger partial charge in [-0.2, -0.15) is 5.10 Å². The van der Waals surface area contributed by atoms with E-state index in [1.807, 2.05) is 36.2 Å². The van der Waals surface area contributed by atoms with Crippen LogP contribution in [0, 0.1) is 24.7 Å². The normalized spacial score (nSPS) is 18.7. The lowest BCUT2D eigenvalue weighted by Crippen LogP contribution is -2.59. The third kappa shape index (κ3) is 4.85. The number of hydrogen-bond donors (Lipinski definition) is 1. The second-order valence-corrected chi connectivity index (χ2v) is 11.8. The summed E-state index contributed by atoms with van der Waals surface area (Å²) in [6, 6.07) is 8.75. The average Bonchev–Trinajstić information content (AvgIpc) is 3.60. The van der Waals surface area contributed by atoms with Crippen LogP contribution < -0.4 is 9.80 Å². The first kappa shape index (κ1) is 26.4. The van der Waals surface area contributed by atoms with E-state index in [1.54, 1.807) is 6.08 Å². The van der Waals surface area contributed by atoms with Gasteiger partial charge in [-0.15, -0.1) is 6.42 Å². The summed E-state index contributed by atoms with van der Waals surface area (Å²) < 4.78 is 5.66. The monoisotopic (exact) mass is 538 g/mol. The zero-order valence-electron chi connectivity index (χ0n) is 23.7. The number of benzene rings is 2. The molecule has 3 aliphatic rings. The van der Waals surface area contributed by atoms with E-state index in [-0.39, 0.29) is 11.3 Å². The number of nitrogens with one attached hydrogen (secondary N) is 1. The number of likely N-dealkylation sites (N-methyl/N-ethyl adjacent to an activating group) is 1. The number of terminal acetylenes is 1. The maximum absolute atomic E-state index is 12.7. The number of H-pyrrole nitrogens is 1. The number of morpholine rings is 1. The van der Waals surface area contributed by atoms with Crippen molar-refractivity contribution in [1.29, 1.82) is 0 Å². The molecule has 6 rings (SSSR count). The highest BCUT2D eigenvalue weighted by Crippen LogP contribution is 2.45. The van der Waals surface area contributed by atoms with E-state index in [1.165, 1.54) is 11.3 Å². The van der Waals surface area contributed by atoms with Crippen LogP contribution in [0.4, 0.5) is 11.4 Å². The molecule has 8 nitrogen and oxygen atoms in total. The van der Waals surface area contributed by atoms with Crippen molar-refractivity contribution < 1.29 is 9.53 Å². The predicted octanol–water partition coefficient (Wildman–Crippen LogP) is 3.51. The molecule has 0 aliphatic carbocycles. The number of fused-ring (bicyclic) bond motifs is 1. The number of carbonyl (C=O) groups excluding carboxylic acids is 1. The molecule has 2 aromatic carbocycles. The fraction of sp³-hybridized carbons (Fsp3) is 0.438. The lowest BCUT2D eigenvalue weighted by Gasteiger charge is -2.47. The summed E-state index contributed by atoms with van der Waals surface area (Å²) in [4.78, 5) is 21.6. The Morgan fingerprint density at radius 2 is 1.98 bits per heavy atom. The molecule has 0 bridgehead atoms. The largest absolute Gasteiger partial charge is 0.378 e. The van der Waals surface area contributed by atoms with Crippen molar-refractivity contribution in [3.05, 3.63) is 53.7 Å². The van der Waals surface area contributed by atoms with Crippen molar-refractivity contribution in [2.45, 2.75) is 13.3 Å². The summed E-state index contributed by atoms with van der Waals surface area (Å²) in [6.07, 6.45) is 12.9. The molecule has 3 fully saturated rings. The minimum absolute atomic E-state index is 0.107. The molecule has 0 saturated carbocycles. The van der Waals surface area contributed by atoms with Gasteiger partial charge in [-0.1, -0.05) is 18.1 Å². The Morgan fingerprint density at radius 1 is 1.18 bits per heavy atom. The molecule has 208 valence electrons. The van der Waals surface area contributed by atoms with Gasteiger partial charge in [-0.05, 0) is 56.8 Å². The number of nitrogens with zero attached hydrogens (tertiary/aromatic N) is 5. The number of rotatable bonds is 6. The third-order valence-corrected chi connectivity index (χ3v) is 8.60. The van der Waals surface area contributed by atoms with Gasteiger partial charge in [0.2, 0.25) is 5.91 Å². The van der Waals surface area contributed by atoms with E-state index in [2.05, 4.69) is 57.1 Å². The van der Waals surface area contributed by atoms with Crippen molar-refractivity contribution >= 4 is 28.2 Å². The summed E-state index contributed by atoms with van der Waals surface area (Å²) in [5.41, 5.74) is 7.69. The molecule has 0 radical (unpaired) electrons. The molecular weight excluding hydrogens is 500 g/mol. The second kappa shape index (κ2) is 10.6. The lowest BCUT2D eigenvalue weighted by atomic mass is 9.79. The smallest absolute Gasteiger partial charge is 0.246 e. The van der Waals surface area contributed by atoms with E-state index >= 15 is 0 Å². The van der Waals surface area contributed by atoms with E-state index in [0.717, 1.165) is 98.7 Å². The molecule has 3 aromatic rings. The van der Waals surface area contributed by atoms with Gasteiger partial charge in [-0.3, -0.25) is 9.89 Å². The van der Waals surface area contributed by atoms with Gasteiger partial charge < -0.3 is 24.3 Å². The van der Waals surface area contributed by atoms with Crippen LogP contribution in [0.3, 0.4) is 0 Å². The van der Waals surface area contributed by atoms with Crippen LogP contribution in [0.1, 0.15) is 17.5 Å². The fourth-order valence-corrected chi connectivity index (χ4v) is 6.49. The summed E-state index contributed by atoms with van der Waals surface area (Å²) in [6.45, 7) is 9.46. The van der Waals surface area contributed by atoms with Crippen molar-refractivity contribution in [1.82, 2.24) is 20.0 Å². The van der Waals surface area contributed by atoms with Crippen LogP contribution in [0.25, 0.3) is 22.0 Å². The summed E-state index contributed by atoms with van der Waals surface area (Å²) >= 11 is 0. The molecule has 1 amide bonds. The number of amides is 1.